The monoisotopic (exact) mass is 244 g/mol. The molecule has 0 bridgehead atoms. The van der Waals surface area contributed by atoms with Crippen LogP contribution in [-0.4, -0.2) is 36.5 Å². The Morgan fingerprint density at radius 3 is 2.75 bits per heavy atom. The topological polar surface area (TPSA) is 41.1 Å². The molecule has 0 radical (unpaired) electrons. The summed E-state index contributed by atoms with van der Waals surface area (Å²) in [6.07, 6.45) is 8.08. The molecule has 0 aliphatic heterocycles. The van der Waals surface area contributed by atoms with Crippen LogP contribution in [-0.2, 0) is 4.79 Å². The lowest BCUT2D eigenvalue weighted by Gasteiger charge is -2.17. The number of amides is 1. The molecule has 0 aromatic carbocycles. The molecule has 1 aliphatic rings. The van der Waals surface area contributed by atoms with Crippen molar-refractivity contribution >= 4 is 17.7 Å². The average molecular weight is 244 g/mol. The Balaban J connectivity index is 2.09. The molecule has 1 rings (SSSR count). The number of carbonyl (C=O) groups excluding carboxylic acids is 1. The zero-order valence-corrected chi connectivity index (χ0v) is 11.2. The van der Waals surface area contributed by atoms with Gasteiger partial charge in [-0.25, -0.2) is 0 Å². The van der Waals surface area contributed by atoms with Crippen LogP contribution >= 0.6 is 11.8 Å². The van der Waals surface area contributed by atoms with Crippen LogP contribution in [0.25, 0.3) is 0 Å². The first-order valence-corrected chi connectivity index (χ1v) is 7.66. The predicted molar refractivity (Wildman–Crippen MR) is 70.9 cm³/mol. The maximum atomic E-state index is 11.8. The normalized spacial score (nSPS) is 18.6. The van der Waals surface area contributed by atoms with Gasteiger partial charge in [0, 0.05) is 6.04 Å². The maximum Gasteiger partial charge on any atom is 0.237 e. The van der Waals surface area contributed by atoms with Gasteiger partial charge in [-0.05, 0) is 44.7 Å². The molecule has 1 aliphatic carbocycles. The minimum Gasteiger partial charge on any atom is -0.352 e. The van der Waals surface area contributed by atoms with Gasteiger partial charge in [0.25, 0.3) is 0 Å². The van der Waals surface area contributed by atoms with E-state index in [9.17, 15) is 4.79 Å². The summed E-state index contributed by atoms with van der Waals surface area (Å²) < 4.78 is 0. The second-order valence-electron chi connectivity index (χ2n) is 4.51. The molecule has 0 aromatic rings. The van der Waals surface area contributed by atoms with Gasteiger partial charge >= 0.3 is 0 Å². The second kappa shape index (κ2) is 7.96. The Bertz CT molecular complexity index is 205. The van der Waals surface area contributed by atoms with Crippen LogP contribution in [0.15, 0.2) is 0 Å². The molecule has 4 heteroatoms. The Labute approximate surface area is 103 Å². The van der Waals surface area contributed by atoms with Gasteiger partial charge in [0.05, 0.1) is 6.04 Å². The van der Waals surface area contributed by atoms with Crippen molar-refractivity contribution in [3.8, 4) is 0 Å². The van der Waals surface area contributed by atoms with E-state index in [0.717, 1.165) is 31.6 Å². The largest absolute Gasteiger partial charge is 0.352 e. The molecular weight excluding hydrogens is 220 g/mol. The molecule has 1 amide bonds. The molecule has 0 saturated heterocycles. The van der Waals surface area contributed by atoms with E-state index in [1.165, 1.54) is 12.8 Å². The van der Waals surface area contributed by atoms with Crippen LogP contribution in [0.5, 0.6) is 0 Å². The summed E-state index contributed by atoms with van der Waals surface area (Å²) in [5, 5.41) is 6.38. The van der Waals surface area contributed by atoms with Gasteiger partial charge in [-0.2, -0.15) is 11.8 Å². The fourth-order valence-electron chi connectivity index (χ4n) is 2.02. The highest BCUT2D eigenvalue weighted by Gasteiger charge is 2.19. The number of nitrogens with one attached hydrogen (secondary N) is 2. The second-order valence-corrected chi connectivity index (χ2v) is 5.50. The lowest BCUT2D eigenvalue weighted by atomic mass is 10.2. The highest BCUT2D eigenvalue weighted by Crippen LogP contribution is 2.17. The summed E-state index contributed by atoms with van der Waals surface area (Å²) in [6, 6.07) is 0.380. The van der Waals surface area contributed by atoms with Crippen LogP contribution in [0.1, 0.15) is 39.0 Å². The van der Waals surface area contributed by atoms with E-state index in [1.54, 1.807) is 0 Å². The molecule has 1 fully saturated rings. The first-order chi connectivity index (χ1) is 7.74. The molecule has 1 atom stereocenters. The molecule has 2 N–H and O–H groups in total. The third-order valence-electron chi connectivity index (χ3n) is 3.07. The van der Waals surface area contributed by atoms with E-state index in [1.807, 2.05) is 18.7 Å². The molecule has 0 heterocycles. The summed E-state index contributed by atoms with van der Waals surface area (Å²) in [6.45, 7) is 2.88. The Kier molecular flexibility index (Phi) is 6.88. The van der Waals surface area contributed by atoms with Crippen molar-refractivity contribution in [1.29, 1.82) is 0 Å². The number of thioether (sulfide) groups is 1. The lowest BCUT2D eigenvalue weighted by molar-refractivity contribution is -0.123. The SMILES string of the molecule is CSCCCNC(C)C(=O)NC1CCCC1. The highest BCUT2D eigenvalue weighted by atomic mass is 32.2. The summed E-state index contributed by atoms with van der Waals surface area (Å²) in [5.41, 5.74) is 0. The van der Waals surface area contributed by atoms with E-state index in [0.29, 0.717) is 6.04 Å². The number of rotatable bonds is 7. The van der Waals surface area contributed by atoms with Crippen LogP contribution in [0.2, 0.25) is 0 Å². The van der Waals surface area contributed by atoms with E-state index in [4.69, 9.17) is 0 Å². The van der Waals surface area contributed by atoms with Crippen molar-refractivity contribution in [2.75, 3.05) is 18.6 Å². The quantitative estimate of drug-likeness (QED) is 0.671. The van der Waals surface area contributed by atoms with E-state index >= 15 is 0 Å². The number of hydrogen-bond acceptors (Lipinski definition) is 3. The van der Waals surface area contributed by atoms with Gasteiger partial charge in [0.15, 0.2) is 0 Å². The molecule has 0 spiro atoms. The summed E-state index contributed by atoms with van der Waals surface area (Å²) in [5.74, 6) is 1.32. The smallest absolute Gasteiger partial charge is 0.237 e. The number of hydrogen-bond donors (Lipinski definition) is 2. The summed E-state index contributed by atoms with van der Waals surface area (Å²) >= 11 is 1.85. The molecule has 16 heavy (non-hydrogen) atoms. The minimum absolute atomic E-state index is 0.0533. The first kappa shape index (κ1) is 13.8. The first-order valence-electron chi connectivity index (χ1n) is 6.26. The Morgan fingerprint density at radius 1 is 1.44 bits per heavy atom. The standard InChI is InChI=1S/C12H24N2OS/c1-10(13-8-5-9-16-2)12(15)14-11-6-3-4-7-11/h10-11,13H,3-9H2,1-2H3,(H,14,15). The average Bonchev–Trinajstić information content (AvgIpc) is 2.76. The molecule has 3 nitrogen and oxygen atoms in total. The predicted octanol–water partition coefficient (Wildman–Crippen LogP) is 1.78. The van der Waals surface area contributed by atoms with Gasteiger partial charge < -0.3 is 10.6 Å². The van der Waals surface area contributed by atoms with Crippen LogP contribution in [0.3, 0.4) is 0 Å². The Hall–Kier alpha value is -0.220. The molecule has 1 saturated carbocycles. The maximum absolute atomic E-state index is 11.8. The van der Waals surface area contributed by atoms with Crippen molar-refractivity contribution in [2.45, 2.75) is 51.1 Å². The van der Waals surface area contributed by atoms with Crippen molar-refractivity contribution in [1.82, 2.24) is 10.6 Å². The molecule has 94 valence electrons. The fourth-order valence-corrected chi connectivity index (χ4v) is 2.46. The van der Waals surface area contributed by atoms with Gasteiger partial charge in [-0.1, -0.05) is 12.8 Å². The zero-order chi connectivity index (χ0) is 11.8. The lowest BCUT2D eigenvalue weighted by Crippen LogP contribution is -2.45. The van der Waals surface area contributed by atoms with Crippen molar-refractivity contribution in [3.63, 3.8) is 0 Å². The molecular formula is C12H24N2OS. The Morgan fingerprint density at radius 2 is 2.12 bits per heavy atom. The summed E-state index contributed by atoms with van der Waals surface area (Å²) in [4.78, 5) is 11.8. The third kappa shape index (κ3) is 5.21. The van der Waals surface area contributed by atoms with Gasteiger partial charge in [-0.3, -0.25) is 4.79 Å². The van der Waals surface area contributed by atoms with Gasteiger partial charge in [0.2, 0.25) is 5.91 Å². The third-order valence-corrected chi connectivity index (χ3v) is 3.77. The van der Waals surface area contributed by atoms with Crippen LogP contribution in [0, 0.1) is 0 Å². The molecule has 0 aromatic heterocycles. The van der Waals surface area contributed by atoms with Crippen LogP contribution in [0.4, 0.5) is 0 Å². The zero-order valence-electron chi connectivity index (χ0n) is 10.4. The van der Waals surface area contributed by atoms with E-state index in [-0.39, 0.29) is 11.9 Å². The van der Waals surface area contributed by atoms with E-state index < -0.39 is 0 Å². The fraction of sp³-hybridized carbons (Fsp3) is 0.917. The van der Waals surface area contributed by atoms with Crippen molar-refractivity contribution < 1.29 is 4.79 Å². The minimum atomic E-state index is -0.0533. The number of carbonyl (C=O) groups is 1. The van der Waals surface area contributed by atoms with Gasteiger partial charge in [0.1, 0.15) is 0 Å². The summed E-state index contributed by atoms with van der Waals surface area (Å²) in [7, 11) is 0. The van der Waals surface area contributed by atoms with Crippen molar-refractivity contribution in [2.24, 2.45) is 0 Å². The molecule has 1 unspecified atom stereocenters. The van der Waals surface area contributed by atoms with Crippen molar-refractivity contribution in [3.05, 3.63) is 0 Å². The highest BCUT2D eigenvalue weighted by molar-refractivity contribution is 7.98. The van der Waals surface area contributed by atoms with Gasteiger partial charge in [-0.15, -0.1) is 0 Å². The van der Waals surface area contributed by atoms with E-state index in [2.05, 4.69) is 16.9 Å². The van der Waals surface area contributed by atoms with Crippen LogP contribution < -0.4 is 10.6 Å².